The molecule has 0 amide bonds. The first kappa shape index (κ1) is 12.2. The Bertz CT molecular complexity index is 526. The molecule has 1 heterocycles. The molecule has 2 rings (SSSR count). The molecule has 5 heteroatoms. The molecule has 0 aliphatic rings. The van der Waals surface area contributed by atoms with E-state index in [1.54, 1.807) is 0 Å². The van der Waals surface area contributed by atoms with Crippen LogP contribution < -0.4 is 15.2 Å². The van der Waals surface area contributed by atoms with Gasteiger partial charge in [0, 0.05) is 0 Å². The molecule has 0 atom stereocenters. The Morgan fingerprint density at radius 3 is 2.39 bits per heavy atom. The Morgan fingerprint density at radius 2 is 1.78 bits per heavy atom. The van der Waals surface area contributed by atoms with Gasteiger partial charge in [-0.1, -0.05) is 19.1 Å². The third kappa shape index (κ3) is 2.51. The average molecular weight is 245 g/mol. The summed E-state index contributed by atoms with van der Waals surface area (Å²) >= 11 is 0. The van der Waals surface area contributed by atoms with Gasteiger partial charge in [0.15, 0.2) is 5.69 Å². The van der Waals surface area contributed by atoms with Crippen molar-refractivity contribution in [3.05, 3.63) is 36.2 Å². The van der Waals surface area contributed by atoms with Crippen LogP contribution >= 0.6 is 0 Å². The molecule has 1 aromatic heterocycles. The Labute approximate surface area is 106 Å². The summed E-state index contributed by atoms with van der Waals surface area (Å²) in [6, 6.07) is 7.77. The number of rotatable bonds is 4. The van der Waals surface area contributed by atoms with Gasteiger partial charge in [-0.25, -0.2) is 0 Å². The van der Waals surface area contributed by atoms with E-state index in [1.807, 2.05) is 24.3 Å². The monoisotopic (exact) mass is 245 g/mol. The van der Waals surface area contributed by atoms with E-state index in [0.717, 1.165) is 6.42 Å². The average Bonchev–Trinajstić information content (AvgIpc) is 2.42. The van der Waals surface area contributed by atoms with E-state index < -0.39 is 0 Å². The number of anilines is 1. The number of ether oxygens (including phenoxy) is 2. The van der Waals surface area contributed by atoms with Crippen LogP contribution in [0.4, 0.5) is 5.69 Å². The van der Waals surface area contributed by atoms with Crippen molar-refractivity contribution in [2.75, 3.05) is 12.8 Å². The summed E-state index contributed by atoms with van der Waals surface area (Å²) in [4.78, 5) is 7.87. The van der Waals surface area contributed by atoms with E-state index in [-0.39, 0.29) is 0 Å². The zero-order valence-corrected chi connectivity index (χ0v) is 10.4. The second kappa shape index (κ2) is 5.35. The van der Waals surface area contributed by atoms with Crippen molar-refractivity contribution >= 4 is 5.69 Å². The number of nitrogens with two attached hydrogens (primary N) is 1. The summed E-state index contributed by atoms with van der Waals surface area (Å²) in [5.74, 6) is 1.29. The van der Waals surface area contributed by atoms with Gasteiger partial charge in [0.25, 0.3) is 0 Å². The number of nitrogens with zero attached hydrogens (tertiary/aromatic N) is 2. The lowest BCUT2D eigenvalue weighted by Crippen LogP contribution is -2.00. The zero-order chi connectivity index (χ0) is 13.0. The highest BCUT2D eigenvalue weighted by Crippen LogP contribution is 2.30. The number of aromatic nitrogens is 2. The summed E-state index contributed by atoms with van der Waals surface area (Å²) in [6.07, 6.45) is 2.34. The normalized spacial score (nSPS) is 10.1. The van der Waals surface area contributed by atoms with Crippen molar-refractivity contribution in [1.29, 1.82) is 0 Å². The van der Waals surface area contributed by atoms with Crippen LogP contribution in [0.5, 0.6) is 17.5 Å². The maximum Gasteiger partial charge on any atom is 0.249 e. The number of aryl methyl sites for hydroxylation is 1. The number of nitrogen functional groups attached to an aromatic ring is 1. The van der Waals surface area contributed by atoms with Crippen LogP contribution in [0.2, 0.25) is 0 Å². The summed E-state index contributed by atoms with van der Waals surface area (Å²) in [5.41, 5.74) is 7.36. The quantitative estimate of drug-likeness (QED) is 0.895. The Kier molecular flexibility index (Phi) is 3.62. The van der Waals surface area contributed by atoms with Gasteiger partial charge < -0.3 is 15.2 Å². The zero-order valence-electron chi connectivity index (χ0n) is 10.4. The minimum Gasteiger partial charge on any atom is -0.479 e. The van der Waals surface area contributed by atoms with Crippen molar-refractivity contribution in [2.45, 2.75) is 13.3 Å². The van der Waals surface area contributed by atoms with Crippen LogP contribution in [0.25, 0.3) is 0 Å². The first-order chi connectivity index (χ1) is 8.74. The molecule has 1 aromatic carbocycles. The third-order valence-corrected chi connectivity index (χ3v) is 2.55. The summed E-state index contributed by atoms with van der Waals surface area (Å²) in [7, 11) is 1.50. The van der Waals surface area contributed by atoms with Crippen molar-refractivity contribution in [2.24, 2.45) is 0 Å². The van der Waals surface area contributed by atoms with E-state index in [0.29, 0.717) is 23.2 Å². The first-order valence-electron chi connectivity index (χ1n) is 5.65. The molecule has 5 nitrogen and oxygen atoms in total. The molecule has 0 saturated carbocycles. The van der Waals surface area contributed by atoms with Crippen molar-refractivity contribution in [3.8, 4) is 17.5 Å². The molecule has 0 bridgehead atoms. The fraction of sp³-hybridized carbons (Fsp3) is 0.231. The molecule has 2 aromatic rings. The first-order valence-corrected chi connectivity index (χ1v) is 5.65. The van der Waals surface area contributed by atoms with Gasteiger partial charge in [-0.2, -0.15) is 9.97 Å². The Hall–Kier alpha value is -2.30. The van der Waals surface area contributed by atoms with Gasteiger partial charge in [-0.15, -0.1) is 0 Å². The van der Waals surface area contributed by atoms with Gasteiger partial charge in [0.05, 0.1) is 7.11 Å². The molecule has 0 saturated heterocycles. The molecule has 0 unspecified atom stereocenters. The predicted molar refractivity (Wildman–Crippen MR) is 68.9 cm³/mol. The SMILES string of the molecule is CCc1ccc(Oc2ncnc(OC)c2N)cc1. The lowest BCUT2D eigenvalue weighted by molar-refractivity contribution is 0.391. The van der Waals surface area contributed by atoms with Gasteiger partial charge in [-0.05, 0) is 24.1 Å². The fourth-order valence-electron chi connectivity index (χ4n) is 1.51. The third-order valence-electron chi connectivity index (χ3n) is 2.55. The molecule has 18 heavy (non-hydrogen) atoms. The van der Waals surface area contributed by atoms with Crippen molar-refractivity contribution < 1.29 is 9.47 Å². The maximum absolute atomic E-state index is 5.82. The van der Waals surface area contributed by atoms with Crippen LogP contribution in [0.15, 0.2) is 30.6 Å². The minimum absolute atomic E-state index is 0.291. The molecular formula is C13H15N3O2. The fourth-order valence-corrected chi connectivity index (χ4v) is 1.51. The highest BCUT2D eigenvalue weighted by Gasteiger charge is 2.10. The van der Waals surface area contributed by atoms with Crippen molar-refractivity contribution in [1.82, 2.24) is 9.97 Å². The van der Waals surface area contributed by atoms with E-state index >= 15 is 0 Å². The van der Waals surface area contributed by atoms with Crippen LogP contribution in [0.3, 0.4) is 0 Å². The van der Waals surface area contributed by atoms with E-state index in [4.69, 9.17) is 15.2 Å². The van der Waals surface area contributed by atoms with Gasteiger partial charge >= 0.3 is 0 Å². The molecule has 0 fully saturated rings. The van der Waals surface area contributed by atoms with E-state index in [2.05, 4.69) is 16.9 Å². The Morgan fingerprint density at radius 1 is 1.11 bits per heavy atom. The molecule has 2 N–H and O–H groups in total. The Balaban J connectivity index is 2.22. The second-order valence-electron chi connectivity index (χ2n) is 3.70. The predicted octanol–water partition coefficient (Wildman–Crippen LogP) is 2.42. The van der Waals surface area contributed by atoms with Crippen molar-refractivity contribution in [3.63, 3.8) is 0 Å². The lowest BCUT2D eigenvalue weighted by atomic mass is 10.2. The van der Waals surface area contributed by atoms with Crippen LogP contribution in [0, 0.1) is 0 Å². The molecule has 0 aliphatic heterocycles. The largest absolute Gasteiger partial charge is 0.479 e. The number of methoxy groups -OCH3 is 1. The summed E-state index contributed by atoms with van der Waals surface area (Å²) < 4.78 is 10.6. The molecule has 0 aliphatic carbocycles. The standard InChI is InChI=1S/C13H15N3O2/c1-3-9-4-6-10(7-5-9)18-13-11(14)12(17-2)15-8-16-13/h4-8H,3,14H2,1-2H3. The molecular weight excluding hydrogens is 230 g/mol. The van der Waals surface area contributed by atoms with E-state index in [9.17, 15) is 0 Å². The summed E-state index contributed by atoms with van der Waals surface area (Å²) in [5, 5.41) is 0. The summed E-state index contributed by atoms with van der Waals surface area (Å²) in [6.45, 7) is 2.10. The van der Waals surface area contributed by atoms with Crippen LogP contribution in [-0.2, 0) is 6.42 Å². The van der Waals surface area contributed by atoms with Gasteiger partial charge in [0.1, 0.15) is 12.1 Å². The number of benzene rings is 1. The smallest absolute Gasteiger partial charge is 0.249 e. The van der Waals surface area contributed by atoms with Gasteiger partial charge in [0.2, 0.25) is 11.8 Å². The highest BCUT2D eigenvalue weighted by atomic mass is 16.5. The number of hydrogen-bond donors (Lipinski definition) is 1. The van der Waals surface area contributed by atoms with Gasteiger partial charge in [-0.3, -0.25) is 0 Å². The minimum atomic E-state index is 0.291. The molecule has 0 spiro atoms. The lowest BCUT2D eigenvalue weighted by Gasteiger charge is -2.09. The topological polar surface area (TPSA) is 70.3 Å². The maximum atomic E-state index is 5.82. The van der Waals surface area contributed by atoms with Crippen LogP contribution in [-0.4, -0.2) is 17.1 Å². The van der Waals surface area contributed by atoms with Crippen LogP contribution in [0.1, 0.15) is 12.5 Å². The molecule has 94 valence electrons. The highest BCUT2D eigenvalue weighted by molar-refractivity contribution is 5.56. The number of hydrogen-bond acceptors (Lipinski definition) is 5. The molecule has 0 radical (unpaired) electrons. The van der Waals surface area contributed by atoms with E-state index in [1.165, 1.54) is 19.0 Å². The second-order valence-corrected chi connectivity index (χ2v) is 3.70.